The normalized spacial score (nSPS) is 10.6. The van der Waals surface area contributed by atoms with Gasteiger partial charge in [0.15, 0.2) is 11.6 Å². The van der Waals surface area contributed by atoms with Crippen molar-refractivity contribution >= 4 is 23.3 Å². The number of H-pyrrole nitrogens is 1. The van der Waals surface area contributed by atoms with Crippen LogP contribution in [0.2, 0.25) is 0 Å². The minimum absolute atomic E-state index is 0.0814. The Kier molecular flexibility index (Phi) is 5.17. The number of hydrogen-bond acceptors (Lipinski definition) is 5. The summed E-state index contributed by atoms with van der Waals surface area (Å²) in [6, 6.07) is 14.3. The van der Waals surface area contributed by atoms with Crippen LogP contribution in [-0.4, -0.2) is 33.2 Å². The second-order valence-electron chi connectivity index (χ2n) is 6.53. The average Bonchev–Trinajstić information content (AvgIpc) is 3.41. The maximum Gasteiger partial charge on any atom is 0.411 e. The highest BCUT2D eigenvalue weighted by Crippen LogP contribution is 2.29. The van der Waals surface area contributed by atoms with Crippen LogP contribution in [0.3, 0.4) is 0 Å². The predicted octanol–water partition coefficient (Wildman–Crippen LogP) is 4.63. The van der Waals surface area contributed by atoms with Gasteiger partial charge in [-0.25, -0.2) is 13.9 Å². The number of aromatic amines is 1. The number of nitrogens with zero attached hydrogens (tertiary/aromatic N) is 3. The van der Waals surface area contributed by atoms with Crippen molar-refractivity contribution in [2.75, 3.05) is 17.7 Å². The molecule has 0 aliphatic rings. The lowest BCUT2D eigenvalue weighted by molar-refractivity contribution is 0.187. The van der Waals surface area contributed by atoms with Gasteiger partial charge in [-0.2, -0.15) is 10.2 Å². The summed E-state index contributed by atoms with van der Waals surface area (Å²) >= 11 is 0. The largest absolute Gasteiger partial charge is 0.453 e. The Morgan fingerprint density at radius 2 is 2.00 bits per heavy atom. The molecule has 8 nitrogen and oxygen atoms in total. The number of halogens is 1. The first kappa shape index (κ1) is 19.2. The van der Waals surface area contributed by atoms with Crippen molar-refractivity contribution in [1.29, 1.82) is 0 Å². The number of aromatic nitrogens is 4. The van der Waals surface area contributed by atoms with E-state index in [2.05, 4.69) is 30.7 Å². The summed E-state index contributed by atoms with van der Waals surface area (Å²) in [5.41, 5.74) is 3.86. The maximum absolute atomic E-state index is 15.0. The lowest BCUT2D eigenvalue weighted by Gasteiger charge is -2.10. The fourth-order valence-electron chi connectivity index (χ4n) is 2.98. The van der Waals surface area contributed by atoms with Gasteiger partial charge in [-0.15, -0.1) is 0 Å². The van der Waals surface area contributed by atoms with E-state index >= 15 is 0 Å². The first-order chi connectivity index (χ1) is 14.5. The second kappa shape index (κ2) is 8.08. The molecule has 2 heterocycles. The summed E-state index contributed by atoms with van der Waals surface area (Å²) in [7, 11) is 1.29. The van der Waals surface area contributed by atoms with Gasteiger partial charge in [0.1, 0.15) is 5.69 Å². The van der Waals surface area contributed by atoms with Gasteiger partial charge in [0, 0.05) is 29.3 Å². The van der Waals surface area contributed by atoms with Crippen LogP contribution >= 0.6 is 0 Å². The molecule has 1 amide bonds. The first-order valence-electron chi connectivity index (χ1n) is 9.12. The van der Waals surface area contributed by atoms with Crippen molar-refractivity contribution in [3.8, 4) is 16.9 Å². The number of ether oxygens (including phenoxy) is 1. The van der Waals surface area contributed by atoms with E-state index < -0.39 is 11.9 Å². The molecule has 30 heavy (non-hydrogen) atoms. The van der Waals surface area contributed by atoms with Gasteiger partial charge in [0.05, 0.1) is 12.8 Å². The van der Waals surface area contributed by atoms with Crippen LogP contribution in [0.5, 0.6) is 0 Å². The number of anilines is 3. The summed E-state index contributed by atoms with van der Waals surface area (Å²) < 4.78 is 21.3. The molecule has 0 spiro atoms. The minimum atomic E-state index is -0.559. The lowest BCUT2D eigenvalue weighted by Crippen LogP contribution is -2.11. The Bertz CT molecular complexity index is 1170. The van der Waals surface area contributed by atoms with Gasteiger partial charge in [-0.3, -0.25) is 10.4 Å². The van der Waals surface area contributed by atoms with Crippen molar-refractivity contribution in [1.82, 2.24) is 20.0 Å². The van der Waals surface area contributed by atoms with Crippen LogP contribution in [-0.2, 0) is 4.74 Å². The maximum atomic E-state index is 15.0. The number of aryl methyl sites for hydroxylation is 1. The van der Waals surface area contributed by atoms with Crippen LogP contribution in [0.4, 0.5) is 26.4 Å². The summed E-state index contributed by atoms with van der Waals surface area (Å²) in [5, 5.41) is 16.6. The van der Waals surface area contributed by atoms with Crippen molar-refractivity contribution in [2.45, 2.75) is 6.92 Å². The zero-order valence-electron chi connectivity index (χ0n) is 16.3. The highest BCUT2D eigenvalue weighted by molar-refractivity contribution is 5.85. The summed E-state index contributed by atoms with van der Waals surface area (Å²) in [6.45, 7) is 1.84. The molecule has 0 saturated carbocycles. The molecule has 0 radical (unpaired) electrons. The number of methoxy groups -OCH3 is 1. The number of rotatable bonds is 5. The first-order valence-corrected chi connectivity index (χ1v) is 9.12. The van der Waals surface area contributed by atoms with Crippen LogP contribution in [0.1, 0.15) is 5.56 Å². The number of hydrogen-bond donors (Lipinski definition) is 3. The molecule has 3 N–H and O–H groups in total. The van der Waals surface area contributed by atoms with Gasteiger partial charge in [-0.05, 0) is 48.9 Å². The summed E-state index contributed by atoms with van der Waals surface area (Å²) in [6.07, 6.45) is 2.97. The highest BCUT2D eigenvalue weighted by atomic mass is 19.1. The van der Waals surface area contributed by atoms with Crippen LogP contribution in [0, 0.1) is 12.7 Å². The third-order valence-electron chi connectivity index (χ3n) is 4.54. The van der Waals surface area contributed by atoms with Crippen LogP contribution < -0.4 is 10.6 Å². The molecule has 4 rings (SSSR count). The Labute approximate surface area is 171 Å². The molecule has 0 bridgehead atoms. The Balaban J connectivity index is 1.53. The predicted molar refractivity (Wildman–Crippen MR) is 112 cm³/mol. The smallest absolute Gasteiger partial charge is 0.411 e. The van der Waals surface area contributed by atoms with Gasteiger partial charge >= 0.3 is 6.09 Å². The van der Waals surface area contributed by atoms with Gasteiger partial charge in [0.2, 0.25) is 0 Å². The Hall–Kier alpha value is -4.14. The molecule has 0 fully saturated rings. The number of carbonyl (C=O) groups excluding carboxylic acids is 1. The van der Waals surface area contributed by atoms with E-state index in [4.69, 9.17) is 0 Å². The van der Waals surface area contributed by atoms with E-state index in [0.717, 1.165) is 11.3 Å². The van der Waals surface area contributed by atoms with Gasteiger partial charge in [-0.1, -0.05) is 12.1 Å². The number of carbonyl (C=O) groups is 1. The molecule has 2 aromatic heterocycles. The Morgan fingerprint density at radius 3 is 2.67 bits per heavy atom. The van der Waals surface area contributed by atoms with E-state index in [1.807, 2.05) is 31.3 Å². The quantitative estimate of drug-likeness (QED) is 0.449. The van der Waals surface area contributed by atoms with E-state index in [1.165, 1.54) is 7.11 Å². The van der Waals surface area contributed by atoms with Crippen LogP contribution in [0.25, 0.3) is 16.9 Å². The van der Waals surface area contributed by atoms with Crippen LogP contribution in [0.15, 0.2) is 60.9 Å². The molecule has 9 heteroatoms. The standard InChI is InChI=1S/C21H19FN6O2/c1-13-12-15(24-21(29)30-2)6-9-17(13)25-20-18(22)19(26-27-20)14-4-7-16(8-5-14)28-11-3-10-23-28/h3-12H,1-2H3,(H,24,29)(H2,25,26,27). The molecule has 0 aliphatic heterocycles. The zero-order chi connectivity index (χ0) is 21.1. The fraction of sp³-hybridized carbons (Fsp3) is 0.0952. The second-order valence-corrected chi connectivity index (χ2v) is 6.53. The van der Waals surface area contributed by atoms with Crippen molar-refractivity contribution in [3.63, 3.8) is 0 Å². The van der Waals surface area contributed by atoms with E-state index in [0.29, 0.717) is 16.9 Å². The molecule has 0 saturated heterocycles. The third-order valence-corrected chi connectivity index (χ3v) is 4.54. The monoisotopic (exact) mass is 406 g/mol. The van der Waals surface area contributed by atoms with Crippen molar-refractivity contribution in [3.05, 3.63) is 72.3 Å². The third kappa shape index (κ3) is 3.86. The van der Waals surface area contributed by atoms with E-state index in [1.54, 1.807) is 41.2 Å². The SMILES string of the molecule is COC(=O)Nc1ccc(Nc2n[nH]c(-c3ccc(-n4cccn4)cc3)c2F)c(C)c1. The lowest BCUT2D eigenvalue weighted by atomic mass is 10.1. The molecular weight excluding hydrogens is 387 g/mol. The fourth-order valence-corrected chi connectivity index (χ4v) is 2.98. The number of amides is 1. The average molecular weight is 406 g/mol. The van der Waals surface area contributed by atoms with Crippen molar-refractivity contribution in [2.24, 2.45) is 0 Å². The molecule has 0 atom stereocenters. The number of benzene rings is 2. The van der Waals surface area contributed by atoms with Crippen molar-refractivity contribution < 1.29 is 13.9 Å². The molecule has 2 aromatic carbocycles. The minimum Gasteiger partial charge on any atom is -0.453 e. The summed E-state index contributed by atoms with van der Waals surface area (Å²) in [4.78, 5) is 11.3. The van der Waals surface area contributed by atoms with E-state index in [-0.39, 0.29) is 11.5 Å². The van der Waals surface area contributed by atoms with Gasteiger partial charge in [0.25, 0.3) is 0 Å². The molecule has 0 aliphatic carbocycles. The molecule has 4 aromatic rings. The topological polar surface area (TPSA) is 96.9 Å². The van der Waals surface area contributed by atoms with E-state index in [9.17, 15) is 9.18 Å². The molecule has 0 unspecified atom stereocenters. The molecular formula is C21H19FN6O2. The summed E-state index contributed by atoms with van der Waals surface area (Å²) in [5.74, 6) is -0.407. The number of nitrogens with one attached hydrogen (secondary N) is 3. The van der Waals surface area contributed by atoms with Gasteiger partial charge < -0.3 is 10.1 Å². The molecule has 152 valence electrons. The zero-order valence-corrected chi connectivity index (χ0v) is 16.3. The highest BCUT2D eigenvalue weighted by Gasteiger charge is 2.16. The Morgan fingerprint density at radius 1 is 1.20 bits per heavy atom.